The van der Waals surface area contributed by atoms with E-state index in [0.717, 1.165) is 26.7 Å². The number of carbonyl (C=O) groups is 1. The largest absolute Gasteiger partial charge is 0.338 e. The molecule has 7 heteroatoms. The molecule has 2 N–H and O–H groups in total. The van der Waals surface area contributed by atoms with Crippen molar-refractivity contribution in [1.29, 1.82) is 0 Å². The van der Waals surface area contributed by atoms with Gasteiger partial charge >= 0.3 is 0 Å². The van der Waals surface area contributed by atoms with Crippen molar-refractivity contribution < 1.29 is 4.79 Å². The fourth-order valence-corrected chi connectivity index (χ4v) is 4.47. The van der Waals surface area contributed by atoms with Crippen molar-refractivity contribution in [3.63, 3.8) is 0 Å². The maximum atomic E-state index is 13.1. The summed E-state index contributed by atoms with van der Waals surface area (Å²) in [6.07, 6.45) is 0. The van der Waals surface area contributed by atoms with Crippen LogP contribution in [0.3, 0.4) is 0 Å². The van der Waals surface area contributed by atoms with Gasteiger partial charge in [-0.1, -0.05) is 67.6 Å². The average molecular weight is 466 g/mol. The van der Waals surface area contributed by atoms with E-state index in [4.69, 9.17) is 10.7 Å². The molecule has 3 unspecified atom stereocenters. The maximum absolute atomic E-state index is 13.1. The Morgan fingerprint density at radius 3 is 2.10 bits per heavy atom. The molecule has 0 aliphatic carbocycles. The predicted octanol–water partition coefficient (Wildman–Crippen LogP) is 5.82. The quantitative estimate of drug-likeness (QED) is 0.498. The van der Waals surface area contributed by atoms with Gasteiger partial charge in [-0.3, -0.25) is 4.79 Å². The lowest BCUT2D eigenvalue weighted by atomic mass is 9.94. The second kappa shape index (κ2) is 11.5. The van der Waals surface area contributed by atoms with E-state index in [1.165, 1.54) is 0 Å². The van der Waals surface area contributed by atoms with E-state index in [1.54, 1.807) is 16.2 Å². The summed E-state index contributed by atoms with van der Waals surface area (Å²) in [5.74, 6) is -0.269. The zero-order valence-corrected chi connectivity index (χ0v) is 20.1. The van der Waals surface area contributed by atoms with Crippen molar-refractivity contribution in [3.8, 4) is 10.6 Å². The van der Waals surface area contributed by atoms with Crippen molar-refractivity contribution in [1.82, 2.24) is 9.88 Å². The van der Waals surface area contributed by atoms with Gasteiger partial charge in [0.25, 0.3) is 0 Å². The summed E-state index contributed by atoms with van der Waals surface area (Å²) in [6.45, 7) is 5.96. The Morgan fingerprint density at radius 1 is 1.00 bits per heavy atom. The van der Waals surface area contributed by atoms with Gasteiger partial charge in [-0.15, -0.1) is 36.2 Å². The molecule has 0 bridgehead atoms. The third-order valence-corrected chi connectivity index (χ3v) is 6.65. The minimum atomic E-state index is -0.328. The molecule has 1 aromatic heterocycles. The van der Waals surface area contributed by atoms with Crippen LogP contribution in [0.4, 0.5) is 0 Å². The fourth-order valence-electron chi connectivity index (χ4n) is 3.31. The topological polar surface area (TPSA) is 59.2 Å². The number of hydrogen-bond acceptors (Lipinski definition) is 4. The summed E-state index contributed by atoms with van der Waals surface area (Å²) in [4.78, 5) is 20.7. The molecular weight excluding hydrogens is 437 g/mol. The molecule has 3 aromatic rings. The minimum absolute atomic E-state index is 0. The number of thiazole rings is 1. The van der Waals surface area contributed by atoms with Crippen LogP contribution in [-0.4, -0.2) is 22.8 Å². The highest BCUT2D eigenvalue weighted by atomic mass is 35.5. The van der Waals surface area contributed by atoms with Gasteiger partial charge in [-0.2, -0.15) is 0 Å². The monoisotopic (exact) mass is 465 g/mol. The standard InChI is InChI=1S/C23H27N3OS.2ClH/c1-15(20(24)18-11-7-5-8-12-18)23(27)26(4)17(3)21-16(2)25-22(28-21)19-13-9-6-10-14-19;;/h5-15,17,20H,24H2,1-4H3;2*1H. The fraction of sp³-hybridized carbons (Fsp3) is 0.304. The summed E-state index contributed by atoms with van der Waals surface area (Å²) in [7, 11) is 1.85. The average Bonchev–Trinajstić information content (AvgIpc) is 3.14. The first-order chi connectivity index (χ1) is 13.4. The summed E-state index contributed by atoms with van der Waals surface area (Å²) in [5, 5.41) is 0.981. The Balaban J connectivity index is 0.00000225. The van der Waals surface area contributed by atoms with Crippen molar-refractivity contribution in [2.45, 2.75) is 32.9 Å². The highest BCUT2D eigenvalue weighted by molar-refractivity contribution is 7.15. The zero-order chi connectivity index (χ0) is 20.3. The van der Waals surface area contributed by atoms with E-state index in [2.05, 4.69) is 12.1 Å². The first-order valence-electron chi connectivity index (χ1n) is 9.50. The number of nitrogens with zero attached hydrogens (tertiary/aromatic N) is 2. The molecule has 0 saturated carbocycles. The van der Waals surface area contributed by atoms with Gasteiger partial charge in [0.2, 0.25) is 5.91 Å². The van der Waals surface area contributed by atoms with Gasteiger partial charge in [0.1, 0.15) is 5.01 Å². The third-order valence-electron chi connectivity index (χ3n) is 5.27. The molecule has 4 nitrogen and oxygen atoms in total. The Hall–Kier alpha value is -1.92. The lowest BCUT2D eigenvalue weighted by Crippen LogP contribution is -2.38. The number of amides is 1. The summed E-state index contributed by atoms with van der Waals surface area (Å²) < 4.78 is 0. The number of rotatable bonds is 6. The lowest BCUT2D eigenvalue weighted by Gasteiger charge is -2.29. The van der Waals surface area contributed by atoms with E-state index in [0.29, 0.717) is 0 Å². The maximum Gasteiger partial charge on any atom is 0.227 e. The molecule has 1 amide bonds. The Labute approximate surface area is 195 Å². The first-order valence-corrected chi connectivity index (χ1v) is 10.3. The second-order valence-electron chi connectivity index (χ2n) is 7.18. The molecule has 0 radical (unpaired) electrons. The SMILES string of the molecule is Cc1nc(-c2ccccc2)sc1C(C)N(C)C(=O)C(C)C(N)c1ccccc1.Cl.Cl. The highest BCUT2D eigenvalue weighted by Gasteiger charge is 2.29. The smallest absolute Gasteiger partial charge is 0.227 e. The molecule has 1 heterocycles. The normalized spacial score (nSPS) is 13.4. The van der Waals surface area contributed by atoms with Gasteiger partial charge in [0.05, 0.1) is 22.5 Å². The molecule has 3 atom stereocenters. The molecule has 0 fully saturated rings. The van der Waals surface area contributed by atoms with Crippen LogP contribution in [0.25, 0.3) is 10.6 Å². The highest BCUT2D eigenvalue weighted by Crippen LogP contribution is 2.34. The Morgan fingerprint density at radius 2 is 1.53 bits per heavy atom. The number of halogens is 2. The van der Waals surface area contributed by atoms with Crippen LogP contribution < -0.4 is 5.73 Å². The molecular formula is C23H29Cl2N3OS. The Bertz CT molecular complexity index is 934. The van der Waals surface area contributed by atoms with Gasteiger partial charge in [-0.05, 0) is 19.4 Å². The number of carbonyl (C=O) groups excluding carboxylic acids is 1. The molecule has 0 saturated heterocycles. The minimum Gasteiger partial charge on any atom is -0.338 e. The van der Waals surface area contributed by atoms with Crippen LogP contribution in [0.2, 0.25) is 0 Å². The number of aryl methyl sites for hydroxylation is 1. The second-order valence-corrected chi connectivity index (χ2v) is 8.22. The van der Waals surface area contributed by atoms with E-state index in [9.17, 15) is 4.79 Å². The number of hydrogen-bond donors (Lipinski definition) is 1. The van der Waals surface area contributed by atoms with Crippen LogP contribution in [0.1, 0.15) is 42.1 Å². The molecule has 0 spiro atoms. The van der Waals surface area contributed by atoms with Crippen LogP contribution >= 0.6 is 36.2 Å². The molecule has 2 aromatic carbocycles. The summed E-state index contributed by atoms with van der Waals surface area (Å²) >= 11 is 1.65. The van der Waals surface area contributed by atoms with Crippen molar-refractivity contribution in [2.75, 3.05) is 7.05 Å². The van der Waals surface area contributed by atoms with Gasteiger partial charge < -0.3 is 10.6 Å². The number of nitrogens with two attached hydrogens (primary N) is 1. The van der Waals surface area contributed by atoms with E-state index in [-0.39, 0.29) is 48.7 Å². The van der Waals surface area contributed by atoms with Crippen molar-refractivity contribution >= 4 is 42.1 Å². The molecule has 162 valence electrons. The summed E-state index contributed by atoms with van der Waals surface area (Å²) in [5.41, 5.74) is 9.41. The lowest BCUT2D eigenvalue weighted by molar-refractivity contribution is -0.136. The van der Waals surface area contributed by atoms with Crippen LogP contribution in [0.15, 0.2) is 60.7 Å². The predicted molar refractivity (Wildman–Crippen MR) is 131 cm³/mol. The van der Waals surface area contributed by atoms with E-state index in [1.807, 2.05) is 76.3 Å². The van der Waals surface area contributed by atoms with Gasteiger partial charge in [0, 0.05) is 18.7 Å². The van der Waals surface area contributed by atoms with Gasteiger partial charge in [0.15, 0.2) is 0 Å². The molecule has 0 aliphatic heterocycles. The molecule has 30 heavy (non-hydrogen) atoms. The zero-order valence-electron chi connectivity index (χ0n) is 17.6. The number of aromatic nitrogens is 1. The van der Waals surface area contributed by atoms with E-state index < -0.39 is 0 Å². The molecule has 3 rings (SSSR count). The Kier molecular flexibility index (Phi) is 9.98. The third kappa shape index (κ3) is 5.61. The van der Waals surface area contributed by atoms with Crippen molar-refractivity contribution in [2.24, 2.45) is 11.7 Å². The van der Waals surface area contributed by atoms with Crippen LogP contribution in [-0.2, 0) is 4.79 Å². The number of benzene rings is 2. The van der Waals surface area contributed by atoms with Gasteiger partial charge in [-0.25, -0.2) is 4.98 Å². The summed E-state index contributed by atoms with van der Waals surface area (Å²) in [6, 6.07) is 19.5. The van der Waals surface area contributed by atoms with Crippen molar-refractivity contribution in [3.05, 3.63) is 76.8 Å². The first kappa shape index (κ1) is 26.1. The molecule has 0 aliphatic rings. The van der Waals surface area contributed by atoms with E-state index >= 15 is 0 Å². The van der Waals surface area contributed by atoms with Crippen LogP contribution in [0.5, 0.6) is 0 Å². The van der Waals surface area contributed by atoms with Crippen LogP contribution in [0, 0.1) is 12.8 Å².